The molecule has 1 N–H and O–H groups in total. The molecule has 1 saturated heterocycles. The number of hydrogen-bond acceptors (Lipinski definition) is 2. The fourth-order valence-electron chi connectivity index (χ4n) is 3.32. The molecule has 1 aliphatic heterocycles. The zero-order valence-corrected chi connectivity index (χ0v) is 13.0. The monoisotopic (exact) mass is 309 g/mol. The highest BCUT2D eigenvalue weighted by Gasteiger charge is 2.62. The second kappa shape index (κ2) is 5.88. The molecule has 118 valence electrons. The lowest BCUT2D eigenvalue weighted by Crippen LogP contribution is -2.74. The predicted octanol–water partition coefficient (Wildman–Crippen LogP) is 2.73. The highest BCUT2D eigenvalue weighted by molar-refractivity contribution is 6.00. The van der Waals surface area contributed by atoms with E-state index in [2.05, 4.69) is 0 Å². The fraction of sp³-hybridized carbons (Fsp3) is 0.263. The smallest absolute Gasteiger partial charge is 0.330 e. The summed E-state index contributed by atoms with van der Waals surface area (Å²) < 4.78 is 0. The van der Waals surface area contributed by atoms with Crippen LogP contribution >= 0.6 is 0 Å². The highest BCUT2D eigenvalue weighted by atomic mass is 16.4. The van der Waals surface area contributed by atoms with Gasteiger partial charge in [-0.3, -0.25) is 4.79 Å². The Labute approximate surface area is 135 Å². The van der Waals surface area contributed by atoms with Gasteiger partial charge in [0.2, 0.25) is 5.91 Å². The largest absolute Gasteiger partial charge is 0.479 e. The first kappa shape index (κ1) is 15.3. The Hall–Kier alpha value is -2.62. The van der Waals surface area contributed by atoms with Crippen LogP contribution in [0.2, 0.25) is 0 Å². The molecule has 1 heterocycles. The lowest BCUT2D eigenvalue weighted by molar-refractivity contribution is -0.188. The van der Waals surface area contributed by atoms with Crippen molar-refractivity contribution in [3.8, 4) is 0 Å². The molecule has 4 nitrogen and oxygen atoms in total. The van der Waals surface area contributed by atoms with Crippen molar-refractivity contribution in [3.05, 3.63) is 71.8 Å². The van der Waals surface area contributed by atoms with E-state index in [4.69, 9.17) is 0 Å². The maximum Gasteiger partial charge on any atom is 0.330 e. The van der Waals surface area contributed by atoms with E-state index in [1.807, 2.05) is 60.7 Å². The van der Waals surface area contributed by atoms with Crippen LogP contribution in [0.5, 0.6) is 0 Å². The van der Waals surface area contributed by atoms with Gasteiger partial charge in [0.15, 0.2) is 5.54 Å². The standard InChI is InChI=1S/C19H19NO3/c1-14-17(21)20(13-16-10-6-3-7-11-16)19(14,18(22)23)12-15-8-4-2-5-9-15/h2-11,14H,12-13H2,1H3,(H,22,23)/t14-,19+/m1/s1. The number of aliphatic carboxylic acids is 1. The number of amides is 1. The summed E-state index contributed by atoms with van der Waals surface area (Å²) in [6, 6.07) is 19.0. The molecular formula is C19H19NO3. The van der Waals surface area contributed by atoms with Gasteiger partial charge in [-0.05, 0) is 11.1 Å². The number of hydrogen-bond donors (Lipinski definition) is 1. The van der Waals surface area contributed by atoms with E-state index in [0.717, 1.165) is 11.1 Å². The Kier molecular flexibility index (Phi) is 3.90. The quantitative estimate of drug-likeness (QED) is 0.864. The number of carbonyl (C=O) groups excluding carboxylic acids is 1. The summed E-state index contributed by atoms with van der Waals surface area (Å²) in [5.74, 6) is -1.57. The molecule has 0 saturated carbocycles. The first-order valence-corrected chi connectivity index (χ1v) is 7.68. The van der Waals surface area contributed by atoms with Crippen LogP contribution in [0.1, 0.15) is 18.1 Å². The molecule has 0 aliphatic carbocycles. The SMILES string of the molecule is C[C@@H]1C(=O)N(Cc2ccccc2)[C@]1(Cc1ccccc1)C(=O)O. The number of rotatable bonds is 5. The molecule has 0 radical (unpaired) electrons. The van der Waals surface area contributed by atoms with E-state index < -0.39 is 17.4 Å². The Balaban J connectivity index is 1.93. The molecule has 0 unspecified atom stereocenters. The van der Waals surface area contributed by atoms with Gasteiger partial charge >= 0.3 is 5.97 Å². The van der Waals surface area contributed by atoms with Gasteiger partial charge in [-0.1, -0.05) is 67.6 Å². The third-order valence-corrected chi connectivity index (χ3v) is 4.70. The highest BCUT2D eigenvalue weighted by Crippen LogP contribution is 2.42. The van der Waals surface area contributed by atoms with E-state index in [1.165, 1.54) is 4.90 Å². The Morgan fingerprint density at radius 1 is 1.04 bits per heavy atom. The zero-order valence-electron chi connectivity index (χ0n) is 13.0. The van der Waals surface area contributed by atoms with Gasteiger partial charge in [-0.25, -0.2) is 4.79 Å². The number of benzene rings is 2. The minimum absolute atomic E-state index is 0.104. The number of β-lactam (4-membered cyclic amide) rings is 1. The molecule has 1 fully saturated rings. The maximum absolute atomic E-state index is 12.3. The molecule has 1 aliphatic rings. The summed E-state index contributed by atoms with van der Waals surface area (Å²) >= 11 is 0. The van der Waals surface area contributed by atoms with Crippen LogP contribution in [0.4, 0.5) is 0 Å². The number of carboxylic acid groups (broad SMARTS) is 1. The average Bonchev–Trinajstić information content (AvgIpc) is 2.59. The number of carbonyl (C=O) groups is 2. The Bertz CT molecular complexity index is 714. The number of carboxylic acids is 1. The minimum atomic E-state index is -1.17. The van der Waals surface area contributed by atoms with Crippen molar-refractivity contribution >= 4 is 11.9 Å². The van der Waals surface area contributed by atoms with Crippen molar-refractivity contribution < 1.29 is 14.7 Å². The van der Waals surface area contributed by atoms with Gasteiger partial charge in [0, 0.05) is 13.0 Å². The number of nitrogens with zero attached hydrogens (tertiary/aromatic N) is 1. The molecular weight excluding hydrogens is 290 g/mol. The normalized spacial score (nSPS) is 23.4. The molecule has 2 atom stereocenters. The molecule has 3 rings (SSSR count). The van der Waals surface area contributed by atoms with Gasteiger partial charge in [0.1, 0.15) is 0 Å². The molecule has 0 spiro atoms. The summed E-state index contributed by atoms with van der Waals surface area (Å²) in [5, 5.41) is 9.89. The van der Waals surface area contributed by atoms with Gasteiger partial charge in [0.25, 0.3) is 0 Å². The van der Waals surface area contributed by atoms with Crippen LogP contribution in [0, 0.1) is 5.92 Å². The lowest BCUT2D eigenvalue weighted by atomic mass is 9.70. The van der Waals surface area contributed by atoms with Crippen LogP contribution in [-0.2, 0) is 22.6 Å². The van der Waals surface area contributed by atoms with Crippen molar-refractivity contribution in [1.29, 1.82) is 0 Å². The Morgan fingerprint density at radius 2 is 1.57 bits per heavy atom. The molecule has 0 aromatic heterocycles. The topological polar surface area (TPSA) is 57.6 Å². The van der Waals surface area contributed by atoms with Crippen LogP contribution in [-0.4, -0.2) is 27.4 Å². The summed E-state index contributed by atoms with van der Waals surface area (Å²) in [4.78, 5) is 25.9. The molecule has 23 heavy (non-hydrogen) atoms. The summed E-state index contributed by atoms with van der Waals surface area (Å²) in [5.41, 5.74) is 0.688. The van der Waals surface area contributed by atoms with Crippen molar-refractivity contribution in [1.82, 2.24) is 4.90 Å². The fourth-order valence-corrected chi connectivity index (χ4v) is 3.32. The molecule has 0 bridgehead atoms. The lowest BCUT2D eigenvalue weighted by Gasteiger charge is -2.54. The van der Waals surface area contributed by atoms with Gasteiger partial charge < -0.3 is 10.0 Å². The third kappa shape index (κ3) is 2.50. The van der Waals surface area contributed by atoms with E-state index in [0.29, 0.717) is 13.0 Å². The van der Waals surface area contributed by atoms with Gasteiger partial charge in [-0.2, -0.15) is 0 Å². The summed E-state index contributed by atoms with van der Waals surface area (Å²) in [6.45, 7) is 2.03. The van der Waals surface area contributed by atoms with Crippen molar-refractivity contribution in [2.24, 2.45) is 5.92 Å². The van der Waals surface area contributed by atoms with Crippen molar-refractivity contribution in [2.75, 3.05) is 0 Å². The molecule has 2 aromatic rings. The van der Waals surface area contributed by atoms with E-state index in [9.17, 15) is 14.7 Å². The van der Waals surface area contributed by atoms with E-state index in [1.54, 1.807) is 6.92 Å². The van der Waals surface area contributed by atoms with Crippen LogP contribution in [0.15, 0.2) is 60.7 Å². The first-order chi connectivity index (χ1) is 11.1. The molecule has 4 heteroatoms. The summed E-state index contributed by atoms with van der Waals surface area (Å²) in [6.07, 6.45) is 0.322. The van der Waals surface area contributed by atoms with Crippen LogP contribution in [0.3, 0.4) is 0 Å². The predicted molar refractivity (Wildman–Crippen MR) is 86.7 cm³/mol. The van der Waals surface area contributed by atoms with E-state index >= 15 is 0 Å². The minimum Gasteiger partial charge on any atom is -0.479 e. The van der Waals surface area contributed by atoms with E-state index in [-0.39, 0.29) is 5.91 Å². The van der Waals surface area contributed by atoms with Gasteiger partial charge in [-0.15, -0.1) is 0 Å². The number of likely N-dealkylation sites (tertiary alicyclic amines) is 1. The third-order valence-electron chi connectivity index (χ3n) is 4.70. The zero-order chi connectivity index (χ0) is 16.4. The Morgan fingerprint density at radius 3 is 2.09 bits per heavy atom. The molecule has 1 amide bonds. The molecule has 2 aromatic carbocycles. The summed E-state index contributed by atoms with van der Waals surface area (Å²) in [7, 11) is 0. The van der Waals surface area contributed by atoms with Crippen molar-refractivity contribution in [3.63, 3.8) is 0 Å². The maximum atomic E-state index is 12.3. The average molecular weight is 309 g/mol. The van der Waals surface area contributed by atoms with Crippen LogP contribution < -0.4 is 0 Å². The second-order valence-corrected chi connectivity index (χ2v) is 6.02. The second-order valence-electron chi connectivity index (χ2n) is 6.02. The van der Waals surface area contributed by atoms with Gasteiger partial charge in [0.05, 0.1) is 5.92 Å². The first-order valence-electron chi connectivity index (χ1n) is 7.68. The van der Waals surface area contributed by atoms with Crippen molar-refractivity contribution in [2.45, 2.75) is 25.4 Å². The van der Waals surface area contributed by atoms with Crippen LogP contribution in [0.25, 0.3) is 0 Å².